The lowest BCUT2D eigenvalue weighted by molar-refractivity contribution is -0.134. The van der Waals surface area contributed by atoms with E-state index in [1.54, 1.807) is 6.20 Å². The summed E-state index contributed by atoms with van der Waals surface area (Å²) >= 11 is 0. The van der Waals surface area contributed by atoms with Crippen LogP contribution in [-0.2, 0) is 9.53 Å². The molecule has 0 unspecified atom stereocenters. The number of ether oxygens (including phenoxy) is 1. The molecule has 0 aromatic heterocycles. The quantitative estimate of drug-likeness (QED) is 0.454. The van der Waals surface area contributed by atoms with Gasteiger partial charge in [0.05, 0.1) is 7.11 Å². The van der Waals surface area contributed by atoms with Crippen molar-refractivity contribution in [3.8, 4) is 0 Å². The van der Waals surface area contributed by atoms with E-state index in [9.17, 15) is 4.79 Å². The number of esters is 1. The lowest BCUT2D eigenvalue weighted by atomic mass is 9.93. The normalized spacial score (nSPS) is 20.4. The highest BCUT2D eigenvalue weighted by atomic mass is 16.5. The third-order valence-corrected chi connectivity index (χ3v) is 3.39. The zero-order valence-corrected chi connectivity index (χ0v) is 10.4. The Kier molecular flexibility index (Phi) is 5.98. The summed E-state index contributed by atoms with van der Waals surface area (Å²) in [5, 5.41) is 3.26. The maximum atomic E-state index is 10.9. The van der Waals surface area contributed by atoms with Gasteiger partial charge in [0, 0.05) is 18.3 Å². The average molecular weight is 225 g/mol. The molecular weight excluding hydrogens is 202 g/mol. The van der Waals surface area contributed by atoms with Crippen molar-refractivity contribution >= 4 is 5.97 Å². The van der Waals surface area contributed by atoms with Crippen LogP contribution in [0.4, 0.5) is 0 Å². The fraction of sp³-hybridized carbons (Fsp3) is 0.769. The molecular formula is C13H23NO2. The first-order valence-corrected chi connectivity index (χ1v) is 6.24. The van der Waals surface area contributed by atoms with Crippen molar-refractivity contribution in [3.63, 3.8) is 0 Å². The number of nitrogens with one attached hydrogen (secondary N) is 1. The summed E-state index contributed by atoms with van der Waals surface area (Å²) in [7, 11) is 1.39. The lowest BCUT2D eigenvalue weighted by Gasteiger charge is -2.22. The van der Waals surface area contributed by atoms with Crippen LogP contribution in [0.1, 0.15) is 45.4 Å². The highest BCUT2D eigenvalue weighted by Gasteiger charge is 2.17. The van der Waals surface area contributed by atoms with E-state index in [0.29, 0.717) is 6.04 Å². The Bertz CT molecular complexity index is 230. The minimum atomic E-state index is -0.305. The maximum Gasteiger partial charge on any atom is 0.331 e. The molecule has 0 radical (unpaired) electrons. The third kappa shape index (κ3) is 4.69. The van der Waals surface area contributed by atoms with E-state index in [-0.39, 0.29) is 5.97 Å². The zero-order chi connectivity index (χ0) is 11.8. The molecule has 1 aliphatic carbocycles. The summed E-state index contributed by atoms with van der Waals surface area (Å²) in [6.07, 6.45) is 11.2. The molecule has 1 N–H and O–H groups in total. The second kappa shape index (κ2) is 7.31. The molecule has 0 spiro atoms. The molecule has 0 saturated heterocycles. The summed E-state index contributed by atoms with van der Waals surface area (Å²) in [5.74, 6) is 0.436. The lowest BCUT2D eigenvalue weighted by Crippen LogP contribution is -2.29. The molecule has 0 heterocycles. The van der Waals surface area contributed by atoms with E-state index in [1.807, 2.05) is 0 Å². The Hall–Kier alpha value is -0.990. The van der Waals surface area contributed by atoms with Crippen LogP contribution in [0, 0.1) is 5.92 Å². The predicted octanol–water partition coefficient (Wildman–Crippen LogP) is 2.62. The Morgan fingerprint density at radius 1 is 1.31 bits per heavy atom. The predicted molar refractivity (Wildman–Crippen MR) is 64.9 cm³/mol. The van der Waals surface area contributed by atoms with Gasteiger partial charge in [-0.05, 0) is 25.7 Å². The van der Waals surface area contributed by atoms with Gasteiger partial charge >= 0.3 is 5.97 Å². The van der Waals surface area contributed by atoms with Crippen molar-refractivity contribution in [1.82, 2.24) is 5.32 Å². The van der Waals surface area contributed by atoms with E-state index in [4.69, 9.17) is 0 Å². The Morgan fingerprint density at radius 3 is 2.50 bits per heavy atom. The molecule has 0 aromatic rings. The summed E-state index contributed by atoms with van der Waals surface area (Å²) in [5.41, 5.74) is 0. The second-order valence-corrected chi connectivity index (χ2v) is 4.56. The standard InChI is InChI=1S/C13H23NO2/c1-11(14-10-9-13(15)16-2)12-7-5-3-4-6-8-12/h9-12,14H,3-8H2,1-2H3/b10-9+/t11-/m0/s1. The summed E-state index contributed by atoms with van der Waals surface area (Å²) < 4.78 is 4.53. The molecule has 92 valence electrons. The van der Waals surface area contributed by atoms with Crippen molar-refractivity contribution in [2.75, 3.05) is 7.11 Å². The highest BCUT2D eigenvalue weighted by Crippen LogP contribution is 2.25. The number of methoxy groups -OCH3 is 1. The fourth-order valence-electron chi connectivity index (χ4n) is 2.28. The van der Waals surface area contributed by atoms with Crippen LogP contribution in [-0.4, -0.2) is 19.1 Å². The Labute approximate surface area is 98.2 Å². The van der Waals surface area contributed by atoms with Crippen LogP contribution in [0.2, 0.25) is 0 Å². The summed E-state index contributed by atoms with van der Waals surface area (Å²) in [6, 6.07) is 0.444. The van der Waals surface area contributed by atoms with Gasteiger partial charge in [0.2, 0.25) is 0 Å². The van der Waals surface area contributed by atoms with Gasteiger partial charge in [0.1, 0.15) is 0 Å². The van der Waals surface area contributed by atoms with Crippen molar-refractivity contribution in [2.24, 2.45) is 5.92 Å². The van der Waals surface area contributed by atoms with Crippen LogP contribution in [0.5, 0.6) is 0 Å². The van der Waals surface area contributed by atoms with Gasteiger partial charge in [-0.15, -0.1) is 0 Å². The number of carbonyl (C=O) groups is 1. The number of hydrogen-bond acceptors (Lipinski definition) is 3. The van der Waals surface area contributed by atoms with Crippen molar-refractivity contribution < 1.29 is 9.53 Å². The van der Waals surface area contributed by atoms with E-state index >= 15 is 0 Å². The van der Waals surface area contributed by atoms with Gasteiger partial charge in [-0.2, -0.15) is 0 Å². The Morgan fingerprint density at radius 2 is 1.94 bits per heavy atom. The van der Waals surface area contributed by atoms with Gasteiger partial charge in [-0.1, -0.05) is 25.7 Å². The molecule has 3 nitrogen and oxygen atoms in total. The van der Waals surface area contributed by atoms with Gasteiger partial charge in [0.25, 0.3) is 0 Å². The molecule has 16 heavy (non-hydrogen) atoms. The van der Waals surface area contributed by atoms with Crippen molar-refractivity contribution in [1.29, 1.82) is 0 Å². The zero-order valence-electron chi connectivity index (χ0n) is 10.4. The Balaban J connectivity index is 2.29. The van der Waals surface area contributed by atoms with Crippen LogP contribution in [0.3, 0.4) is 0 Å². The first-order valence-electron chi connectivity index (χ1n) is 6.24. The minimum absolute atomic E-state index is 0.305. The van der Waals surface area contributed by atoms with Gasteiger partial charge in [-0.3, -0.25) is 0 Å². The second-order valence-electron chi connectivity index (χ2n) is 4.56. The monoisotopic (exact) mass is 225 g/mol. The van der Waals surface area contributed by atoms with E-state index < -0.39 is 0 Å². The molecule has 1 rings (SSSR count). The first kappa shape index (κ1) is 13.1. The topological polar surface area (TPSA) is 38.3 Å². The molecule has 1 fully saturated rings. The first-order chi connectivity index (χ1) is 7.74. The number of carbonyl (C=O) groups excluding carboxylic acids is 1. The van der Waals surface area contributed by atoms with Crippen LogP contribution in [0.15, 0.2) is 12.3 Å². The molecule has 0 aromatic carbocycles. The van der Waals surface area contributed by atoms with Crippen LogP contribution in [0.25, 0.3) is 0 Å². The molecule has 1 aliphatic rings. The molecule has 1 atom stereocenters. The largest absolute Gasteiger partial charge is 0.466 e. The summed E-state index contributed by atoms with van der Waals surface area (Å²) in [6.45, 7) is 2.19. The van der Waals surface area contributed by atoms with E-state index in [2.05, 4.69) is 17.0 Å². The van der Waals surface area contributed by atoms with E-state index in [0.717, 1.165) is 5.92 Å². The summed E-state index contributed by atoms with van der Waals surface area (Å²) in [4.78, 5) is 10.9. The molecule has 0 aliphatic heterocycles. The minimum Gasteiger partial charge on any atom is -0.466 e. The van der Waals surface area contributed by atoms with Gasteiger partial charge < -0.3 is 10.1 Å². The fourth-order valence-corrected chi connectivity index (χ4v) is 2.28. The number of hydrogen-bond donors (Lipinski definition) is 1. The van der Waals surface area contributed by atoms with Crippen molar-refractivity contribution in [2.45, 2.75) is 51.5 Å². The smallest absolute Gasteiger partial charge is 0.331 e. The number of rotatable bonds is 4. The maximum absolute atomic E-state index is 10.9. The third-order valence-electron chi connectivity index (χ3n) is 3.39. The average Bonchev–Trinajstić information content (AvgIpc) is 2.57. The SMILES string of the molecule is COC(=O)/C=C/N[C@@H](C)C1CCCCCC1. The molecule has 0 bridgehead atoms. The molecule has 0 amide bonds. The molecule has 1 saturated carbocycles. The van der Waals surface area contributed by atoms with Crippen LogP contribution < -0.4 is 5.32 Å². The highest BCUT2D eigenvalue weighted by molar-refractivity contribution is 5.81. The van der Waals surface area contributed by atoms with Gasteiger partial charge in [-0.25, -0.2) is 4.79 Å². The van der Waals surface area contributed by atoms with Crippen LogP contribution >= 0.6 is 0 Å². The van der Waals surface area contributed by atoms with Gasteiger partial charge in [0.15, 0.2) is 0 Å². The molecule has 3 heteroatoms. The van der Waals surface area contributed by atoms with E-state index in [1.165, 1.54) is 51.7 Å². The van der Waals surface area contributed by atoms with Crippen molar-refractivity contribution in [3.05, 3.63) is 12.3 Å².